The molecule has 0 atom stereocenters. The minimum atomic E-state index is -0.370. The van der Waals surface area contributed by atoms with E-state index in [4.69, 9.17) is 13.9 Å². The molecule has 6 nitrogen and oxygen atoms in total. The minimum absolute atomic E-state index is 0.288. The van der Waals surface area contributed by atoms with Crippen LogP contribution in [0, 0.1) is 0 Å². The first-order valence-corrected chi connectivity index (χ1v) is 13.0. The lowest BCUT2D eigenvalue weighted by molar-refractivity contribution is -0.139. The molecule has 0 unspecified atom stereocenters. The summed E-state index contributed by atoms with van der Waals surface area (Å²) in [6.45, 7) is 6.44. The van der Waals surface area contributed by atoms with Gasteiger partial charge in [0, 0.05) is 17.2 Å². The van der Waals surface area contributed by atoms with Crippen molar-refractivity contribution in [3.63, 3.8) is 0 Å². The summed E-state index contributed by atoms with van der Waals surface area (Å²) in [5, 5.41) is 0.846. The molecule has 36 heavy (non-hydrogen) atoms. The topological polar surface area (TPSA) is 78.6 Å². The molecule has 0 aliphatic carbocycles. The Bertz CT molecular complexity index is 1170. The van der Waals surface area contributed by atoms with Crippen LogP contribution < -0.4 is 10.4 Å². The van der Waals surface area contributed by atoms with Crippen molar-refractivity contribution in [2.75, 3.05) is 13.2 Å². The standard InChI is InChI=1S/C30H37NO5/c1-23(2)29(32)35-20-12-10-8-6-4-3-5-7-9-11-19-34-26-15-13-24(14-16-26)27-21-25-17-18-31-22-28(25)36-30(27)33/h13-18,21-22H,1,3-12,19-20H2,2H3. The second-order valence-corrected chi connectivity index (χ2v) is 9.19. The highest BCUT2D eigenvalue weighted by molar-refractivity contribution is 5.86. The number of carbonyl (C=O) groups excluding carboxylic acids is 1. The van der Waals surface area contributed by atoms with E-state index in [1.807, 2.05) is 36.4 Å². The van der Waals surface area contributed by atoms with E-state index in [-0.39, 0.29) is 11.6 Å². The maximum atomic E-state index is 12.3. The number of pyridine rings is 1. The van der Waals surface area contributed by atoms with Crippen molar-refractivity contribution < 1.29 is 18.7 Å². The number of hydrogen-bond donors (Lipinski definition) is 0. The molecule has 0 amide bonds. The van der Waals surface area contributed by atoms with Gasteiger partial charge in [0.25, 0.3) is 0 Å². The zero-order valence-electron chi connectivity index (χ0n) is 21.3. The fourth-order valence-corrected chi connectivity index (χ4v) is 3.99. The number of benzene rings is 1. The zero-order chi connectivity index (χ0) is 25.6. The van der Waals surface area contributed by atoms with Gasteiger partial charge >= 0.3 is 11.6 Å². The first-order valence-electron chi connectivity index (χ1n) is 13.0. The number of fused-ring (bicyclic) bond motifs is 1. The second kappa shape index (κ2) is 14.9. The predicted octanol–water partition coefficient (Wildman–Crippen LogP) is 7.25. The molecular weight excluding hydrogens is 454 g/mol. The Labute approximate surface area is 213 Å². The van der Waals surface area contributed by atoms with E-state index in [0.717, 1.165) is 36.0 Å². The molecule has 6 heteroatoms. The average Bonchev–Trinajstić information content (AvgIpc) is 2.88. The summed E-state index contributed by atoms with van der Waals surface area (Å²) in [6.07, 6.45) is 14.9. The van der Waals surface area contributed by atoms with E-state index >= 15 is 0 Å². The molecule has 3 rings (SSSR count). The Hall–Kier alpha value is -3.41. The first kappa shape index (κ1) is 27.2. The lowest BCUT2D eigenvalue weighted by atomic mass is 10.1. The van der Waals surface area contributed by atoms with Crippen molar-refractivity contribution in [1.29, 1.82) is 0 Å². The highest BCUT2D eigenvalue weighted by Gasteiger charge is 2.08. The van der Waals surface area contributed by atoms with Crippen LogP contribution in [-0.2, 0) is 9.53 Å². The molecule has 0 saturated carbocycles. The molecule has 0 N–H and O–H groups in total. The van der Waals surface area contributed by atoms with Gasteiger partial charge in [-0.2, -0.15) is 0 Å². The van der Waals surface area contributed by atoms with Gasteiger partial charge in [0.2, 0.25) is 0 Å². The minimum Gasteiger partial charge on any atom is -0.494 e. The van der Waals surface area contributed by atoms with Crippen molar-refractivity contribution in [3.8, 4) is 16.9 Å². The van der Waals surface area contributed by atoms with Crippen molar-refractivity contribution in [2.45, 2.75) is 71.1 Å². The molecule has 2 heterocycles. The Balaban J connectivity index is 1.22. The number of rotatable bonds is 16. The molecule has 0 fully saturated rings. The maximum Gasteiger partial charge on any atom is 0.344 e. The van der Waals surface area contributed by atoms with E-state index in [9.17, 15) is 9.59 Å². The van der Waals surface area contributed by atoms with Crippen LogP contribution in [0.4, 0.5) is 0 Å². The second-order valence-electron chi connectivity index (χ2n) is 9.19. The van der Waals surface area contributed by atoms with Crippen LogP contribution in [0.1, 0.15) is 71.1 Å². The number of nitrogens with zero attached hydrogens (tertiary/aromatic N) is 1. The average molecular weight is 492 g/mol. The number of aromatic nitrogens is 1. The lowest BCUT2D eigenvalue weighted by Crippen LogP contribution is -2.05. The van der Waals surface area contributed by atoms with Gasteiger partial charge in [-0.25, -0.2) is 9.59 Å². The van der Waals surface area contributed by atoms with Crippen LogP contribution >= 0.6 is 0 Å². The molecule has 0 spiro atoms. The molecule has 0 radical (unpaired) electrons. The smallest absolute Gasteiger partial charge is 0.344 e. The fourth-order valence-electron chi connectivity index (χ4n) is 3.99. The Kier molecular flexibility index (Phi) is 11.2. The molecule has 0 aliphatic rings. The lowest BCUT2D eigenvalue weighted by Gasteiger charge is -2.08. The Morgan fingerprint density at radius 3 is 2.14 bits per heavy atom. The molecule has 0 aliphatic heterocycles. The number of unbranched alkanes of at least 4 members (excludes halogenated alkanes) is 9. The van der Waals surface area contributed by atoms with Gasteiger partial charge in [0.1, 0.15) is 5.75 Å². The van der Waals surface area contributed by atoms with E-state index < -0.39 is 0 Å². The van der Waals surface area contributed by atoms with E-state index in [2.05, 4.69) is 11.6 Å². The summed E-state index contributed by atoms with van der Waals surface area (Å²) < 4.78 is 16.3. The summed E-state index contributed by atoms with van der Waals surface area (Å²) in [4.78, 5) is 27.6. The van der Waals surface area contributed by atoms with Crippen LogP contribution in [0.5, 0.6) is 5.75 Å². The number of carbonyl (C=O) groups is 1. The number of ether oxygens (including phenoxy) is 2. The Morgan fingerprint density at radius 1 is 0.889 bits per heavy atom. The van der Waals surface area contributed by atoms with Crippen LogP contribution in [0.15, 0.2) is 70.2 Å². The van der Waals surface area contributed by atoms with Crippen LogP contribution in [0.3, 0.4) is 0 Å². The van der Waals surface area contributed by atoms with E-state index in [1.54, 1.807) is 19.3 Å². The first-order chi connectivity index (χ1) is 17.5. The highest BCUT2D eigenvalue weighted by Crippen LogP contribution is 2.23. The van der Waals surface area contributed by atoms with Gasteiger partial charge in [-0.1, -0.05) is 70.1 Å². The molecule has 3 aromatic rings. The van der Waals surface area contributed by atoms with Gasteiger partial charge in [-0.15, -0.1) is 0 Å². The van der Waals surface area contributed by atoms with Gasteiger partial charge in [-0.3, -0.25) is 4.98 Å². The fraction of sp³-hybridized carbons (Fsp3) is 0.433. The van der Waals surface area contributed by atoms with Gasteiger partial charge < -0.3 is 13.9 Å². The van der Waals surface area contributed by atoms with E-state index in [0.29, 0.717) is 29.9 Å². The van der Waals surface area contributed by atoms with Crippen molar-refractivity contribution in [2.24, 2.45) is 0 Å². The summed E-state index contributed by atoms with van der Waals surface area (Å²) in [6, 6.07) is 11.2. The largest absolute Gasteiger partial charge is 0.494 e. The van der Waals surface area contributed by atoms with Gasteiger partial charge in [-0.05, 0) is 49.6 Å². The van der Waals surface area contributed by atoms with Crippen LogP contribution in [-0.4, -0.2) is 24.2 Å². The summed E-state index contributed by atoms with van der Waals surface area (Å²) in [5.74, 6) is 0.520. The summed E-state index contributed by atoms with van der Waals surface area (Å²) in [5.41, 5.74) is 1.92. The number of hydrogen-bond acceptors (Lipinski definition) is 6. The molecule has 0 bridgehead atoms. The summed E-state index contributed by atoms with van der Waals surface area (Å²) in [7, 11) is 0. The molecule has 1 aromatic carbocycles. The summed E-state index contributed by atoms with van der Waals surface area (Å²) >= 11 is 0. The van der Waals surface area contributed by atoms with Crippen molar-refractivity contribution in [3.05, 3.63) is 71.4 Å². The molecular formula is C30H37NO5. The third-order valence-corrected chi connectivity index (χ3v) is 6.09. The highest BCUT2D eigenvalue weighted by atomic mass is 16.5. The third-order valence-electron chi connectivity index (χ3n) is 6.09. The van der Waals surface area contributed by atoms with Crippen molar-refractivity contribution >= 4 is 16.9 Å². The zero-order valence-corrected chi connectivity index (χ0v) is 21.3. The van der Waals surface area contributed by atoms with Crippen molar-refractivity contribution in [1.82, 2.24) is 4.98 Å². The normalized spacial score (nSPS) is 10.9. The van der Waals surface area contributed by atoms with Crippen LogP contribution in [0.2, 0.25) is 0 Å². The quantitative estimate of drug-likeness (QED) is 0.119. The van der Waals surface area contributed by atoms with Gasteiger partial charge in [0.05, 0.1) is 25.0 Å². The molecule has 192 valence electrons. The molecule has 2 aromatic heterocycles. The third kappa shape index (κ3) is 8.99. The number of esters is 1. The van der Waals surface area contributed by atoms with Crippen LogP contribution in [0.25, 0.3) is 22.1 Å². The Morgan fingerprint density at radius 2 is 1.50 bits per heavy atom. The van der Waals surface area contributed by atoms with Gasteiger partial charge in [0.15, 0.2) is 5.58 Å². The SMILES string of the molecule is C=C(C)C(=O)OCCCCCCCCCCCCOc1ccc(-c2cc3ccncc3oc2=O)cc1. The predicted molar refractivity (Wildman–Crippen MR) is 143 cm³/mol. The maximum absolute atomic E-state index is 12.3. The molecule has 0 saturated heterocycles. The van der Waals surface area contributed by atoms with E-state index in [1.165, 1.54) is 44.9 Å². The monoisotopic (exact) mass is 491 g/mol.